The van der Waals surface area contributed by atoms with Gasteiger partial charge in [0, 0.05) is 28.5 Å². The zero-order chi connectivity index (χ0) is 18.0. The summed E-state index contributed by atoms with van der Waals surface area (Å²) < 4.78 is 4.86. The highest BCUT2D eigenvalue weighted by Crippen LogP contribution is 2.32. The van der Waals surface area contributed by atoms with Gasteiger partial charge in [-0.25, -0.2) is 4.79 Å². The van der Waals surface area contributed by atoms with Gasteiger partial charge in [0.1, 0.15) is 5.69 Å². The highest BCUT2D eigenvalue weighted by molar-refractivity contribution is 6.31. The summed E-state index contributed by atoms with van der Waals surface area (Å²) in [5.41, 5.74) is 2.24. The Morgan fingerprint density at radius 3 is 2.56 bits per heavy atom. The van der Waals surface area contributed by atoms with Gasteiger partial charge in [-0.1, -0.05) is 41.9 Å². The van der Waals surface area contributed by atoms with Gasteiger partial charge in [-0.15, -0.1) is 0 Å². The molecule has 0 fully saturated rings. The monoisotopic (exact) mass is 356 g/mol. The van der Waals surface area contributed by atoms with Crippen LogP contribution in [0.4, 0.5) is 5.69 Å². The van der Waals surface area contributed by atoms with Crippen LogP contribution < -0.4 is 4.90 Å². The largest absolute Gasteiger partial charge is 0.464 e. The van der Waals surface area contributed by atoms with E-state index in [4.69, 9.17) is 16.3 Å². The maximum atomic E-state index is 12.5. The van der Waals surface area contributed by atoms with Crippen LogP contribution in [0.2, 0.25) is 5.02 Å². The molecule has 0 radical (unpaired) electrons. The summed E-state index contributed by atoms with van der Waals surface area (Å²) in [7, 11) is 3.09. The number of hydrogen-bond acceptors (Lipinski definition) is 4. The van der Waals surface area contributed by atoms with Gasteiger partial charge in [0.15, 0.2) is 5.78 Å². The number of ether oxygens (including phenoxy) is 1. The molecule has 1 N–H and O–H groups in total. The Morgan fingerprint density at radius 1 is 1.16 bits per heavy atom. The van der Waals surface area contributed by atoms with Gasteiger partial charge in [-0.05, 0) is 18.2 Å². The first-order valence-electron chi connectivity index (χ1n) is 7.70. The van der Waals surface area contributed by atoms with Crippen molar-refractivity contribution in [3.05, 3.63) is 64.8 Å². The van der Waals surface area contributed by atoms with E-state index in [9.17, 15) is 9.59 Å². The summed E-state index contributed by atoms with van der Waals surface area (Å²) in [4.78, 5) is 29.4. The summed E-state index contributed by atoms with van der Waals surface area (Å²) >= 11 is 6.03. The lowest BCUT2D eigenvalue weighted by Gasteiger charge is -2.19. The molecule has 0 bridgehead atoms. The maximum absolute atomic E-state index is 12.5. The molecule has 5 nitrogen and oxygen atoms in total. The Hall–Kier alpha value is -2.79. The minimum atomic E-state index is -0.499. The highest BCUT2D eigenvalue weighted by Gasteiger charge is 2.23. The van der Waals surface area contributed by atoms with E-state index in [1.807, 2.05) is 24.3 Å². The second-order valence-corrected chi connectivity index (χ2v) is 6.11. The molecule has 6 heteroatoms. The minimum Gasteiger partial charge on any atom is -0.464 e. The first kappa shape index (κ1) is 17.0. The van der Waals surface area contributed by atoms with Gasteiger partial charge in [0.25, 0.3) is 0 Å². The van der Waals surface area contributed by atoms with Crippen molar-refractivity contribution in [2.24, 2.45) is 0 Å². The van der Waals surface area contributed by atoms with Gasteiger partial charge in [0.2, 0.25) is 0 Å². The number of anilines is 1. The van der Waals surface area contributed by atoms with Crippen LogP contribution in [0.5, 0.6) is 0 Å². The predicted molar refractivity (Wildman–Crippen MR) is 98.7 cm³/mol. The Balaban J connectivity index is 2.01. The second kappa shape index (κ2) is 6.99. The number of methoxy groups -OCH3 is 1. The smallest absolute Gasteiger partial charge is 0.356 e. The van der Waals surface area contributed by atoms with Crippen molar-refractivity contribution in [3.8, 4) is 0 Å². The number of aromatic nitrogens is 1. The number of esters is 1. The van der Waals surface area contributed by atoms with Gasteiger partial charge >= 0.3 is 5.97 Å². The molecule has 1 aromatic heterocycles. The Bertz CT molecular complexity index is 934. The van der Waals surface area contributed by atoms with Crippen molar-refractivity contribution in [2.75, 3.05) is 25.6 Å². The molecule has 0 aliphatic carbocycles. The zero-order valence-electron chi connectivity index (χ0n) is 13.9. The number of carbonyl (C=O) groups is 2. The topological polar surface area (TPSA) is 62.4 Å². The number of nitrogens with one attached hydrogen (secondary N) is 1. The Morgan fingerprint density at radius 2 is 1.88 bits per heavy atom. The van der Waals surface area contributed by atoms with Crippen LogP contribution in [0.1, 0.15) is 20.8 Å². The molecule has 2 aromatic carbocycles. The molecule has 0 aliphatic rings. The normalized spacial score (nSPS) is 10.7. The summed E-state index contributed by atoms with van der Waals surface area (Å²) in [5, 5.41) is 1.35. The molecule has 25 heavy (non-hydrogen) atoms. The minimum absolute atomic E-state index is 0.0396. The molecule has 0 amide bonds. The van der Waals surface area contributed by atoms with Crippen LogP contribution >= 0.6 is 11.6 Å². The summed E-state index contributed by atoms with van der Waals surface area (Å²) in [6.45, 7) is 0.129. The zero-order valence-corrected chi connectivity index (χ0v) is 14.6. The van der Waals surface area contributed by atoms with Gasteiger partial charge < -0.3 is 14.6 Å². The lowest BCUT2D eigenvalue weighted by molar-refractivity contribution is 0.0595. The predicted octanol–water partition coefficient (Wildman–Crippen LogP) is 3.93. The van der Waals surface area contributed by atoms with Crippen LogP contribution in [-0.4, -0.2) is 37.4 Å². The molecule has 0 spiro atoms. The third-order valence-corrected chi connectivity index (χ3v) is 4.22. The van der Waals surface area contributed by atoms with Crippen molar-refractivity contribution in [1.29, 1.82) is 0 Å². The number of nitrogens with zero attached hydrogens (tertiary/aromatic N) is 1. The van der Waals surface area contributed by atoms with Crippen LogP contribution in [0.25, 0.3) is 10.9 Å². The fraction of sp³-hybridized carbons (Fsp3) is 0.158. The molecule has 0 saturated carbocycles. The van der Waals surface area contributed by atoms with E-state index < -0.39 is 5.97 Å². The molecule has 0 aliphatic heterocycles. The summed E-state index contributed by atoms with van der Waals surface area (Å²) in [6, 6.07) is 14.3. The lowest BCUT2D eigenvalue weighted by Crippen LogP contribution is -2.27. The number of fused-ring (bicyclic) bond motifs is 1. The number of H-pyrrole nitrogens is 1. The molecule has 1 heterocycles. The number of carbonyl (C=O) groups excluding carboxylic acids is 2. The van der Waals surface area contributed by atoms with E-state index >= 15 is 0 Å². The number of aromatic amines is 1. The Labute approximate surface area is 150 Å². The van der Waals surface area contributed by atoms with Crippen molar-refractivity contribution < 1.29 is 14.3 Å². The van der Waals surface area contributed by atoms with E-state index in [0.29, 0.717) is 27.5 Å². The molecular weight excluding hydrogens is 340 g/mol. The molecule has 0 saturated heterocycles. The van der Waals surface area contributed by atoms with Crippen LogP contribution in [0, 0.1) is 0 Å². The first-order valence-corrected chi connectivity index (χ1v) is 8.08. The number of likely N-dealkylation sites (N-methyl/N-ethyl adjacent to an activating group) is 1. The standard InChI is InChI=1S/C19H17ClN2O3/c1-22(11-16(23)12-6-4-3-5-7-12)18-14-9-8-13(20)10-15(14)21-17(18)19(24)25-2/h3-10,21H,11H2,1-2H3. The molecule has 0 unspecified atom stereocenters. The van der Waals surface area contributed by atoms with E-state index in [1.54, 1.807) is 36.2 Å². The van der Waals surface area contributed by atoms with Crippen LogP contribution in [-0.2, 0) is 4.74 Å². The van der Waals surface area contributed by atoms with E-state index in [-0.39, 0.29) is 12.3 Å². The summed E-state index contributed by atoms with van der Waals surface area (Å²) in [5.74, 6) is -0.538. The molecule has 3 rings (SSSR count). The SMILES string of the molecule is COC(=O)c1[nH]c2cc(Cl)ccc2c1N(C)CC(=O)c1ccccc1. The lowest BCUT2D eigenvalue weighted by atomic mass is 10.1. The van der Waals surface area contributed by atoms with Crippen LogP contribution in [0.15, 0.2) is 48.5 Å². The molecule has 128 valence electrons. The van der Waals surface area contributed by atoms with E-state index in [2.05, 4.69) is 4.98 Å². The number of rotatable bonds is 5. The quantitative estimate of drug-likeness (QED) is 0.556. The average Bonchev–Trinajstić information content (AvgIpc) is 3.00. The number of halogens is 1. The third kappa shape index (κ3) is 3.37. The molecular formula is C19H17ClN2O3. The first-order chi connectivity index (χ1) is 12.0. The average molecular weight is 357 g/mol. The number of benzene rings is 2. The number of ketones is 1. The number of hydrogen-bond donors (Lipinski definition) is 1. The molecule has 3 aromatic rings. The van der Waals surface area contributed by atoms with E-state index in [0.717, 1.165) is 5.39 Å². The highest BCUT2D eigenvalue weighted by atomic mass is 35.5. The van der Waals surface area contributed by atoms with Gasteiger partial charge in [0.05, 0.1) is 19.3 Å². The summed E-state index contributed by atoms with van der Waals surface area (Å²) in [6.07, 6.45) is 0. The second-order valence-electron chi connectivity index (χ2n) is 5.68. The van der Waals surface area contributed by atoms with Gasteiger partial charge in [-0.2, -0.15) is 0 Å². The van der Waals surface area contributed by atoms with Crippen molar-refractivity contribution >= 4 is 39.9 Å². The van der Waals surface area contributed by atoms with Gasteiger partial charge in [-0.3, -0.25) is 4.79 Å². The fourth-order valence-corrected chi connectivity index (χ4v) is 2.98. The molecule has 0 atom stereocenters. The number of Topliss-reactive ketones (excluding diaryl/α,β-unsaturated/α-hetero) is 1. The van der Waals surface area contributed by atoms with Crippen LogP contribution in [0.3, 0.4) is 0 Å². The van der Waals surface area contributed by atoms with Crippen molar-refractivity contribution in [3.63, 3.8) is 0 Å². The fourth-order valence-electron chi connectivity index (χ4n) is 2.81. The van der Waals surface area contributed by atoms with Crippen molar-refractivity contribution in [1.82, 2.24) is 4.98 Å². The Kier molecular flexibility index (Phi) is 4.76. The third-order valence-electron chi connectivity index (χ3n) is 3.98. The van der Waals surface area contributed by atoms with E-state index in [1.165, 1.54) is 7.11 Å². The maximum Gasteiger partial charge on any atom is 0.356 e. The van der Waals surface area contributed by atoms with Crippen molar-refractivity contribution in [2.45, 2.75) is 0 Å².